The van der Waals surface area contributed by atoms with Crippen LogP contribution in [0.3, 0.4) is 0 Å². The zero-order valence-corrected chi connectivity index (χ0v) is 20.4. The molecular weight excluding hydrogens is 483 g/mol. The van der Waals surface area contributed by atoms with E-state index in [0.29, 0.717) is 19.0 Å². The Morgan fingerprint density at radius 2 is 1.93 bits per heavy atom. The molecule has 1 unspecified atom stereocenters. The summed E-state index contributed by atoms with van der Waals surface area (Å²) in [6, 6.07) is 12.5. The monoisotopic (exact) mass is 516 g/mol. The molecule has 0 radical (unpaired) electrons. The Morgan fingerprint density at radius 1 is 1.18 bits per heavy atom. The van der Waals surface area contributed by atoms with Gasteiger partial charge in [-0.3, -0.25) is 0 Å². The van der Waals surface area contributed by atoms with Crippen molar-refractivity contribution in [1.82, 2.24) is 15.5 Å². The van der Waals surface area contributed by atoms with E-state index in [2.05, 4.69) is 58.8 Å². The number of rotatable bonds is 9. The highest BCUT2D eigenvalue weighted by Crippen LogP contribution is 2.24. The number of guanidine groups is 1. The summed E-state index contributed by atoms with van der Waals surface area (Å²) in [6.07, 6.45) is 0. The molecule has 2 rings (SSSR count). The number of hydrogen-bond donors (Lipinski definition) is 3. The number of aliphatic hydroxyl groups is 1. The van der Waals surface area contributed by atoms with Gasteiger partial charge in [0.05, 0.1) is 13.1 Å². The van der Waals surface area contributed by atoms with E-state index < -0.39 is 5.60 Å². The second-order valence-corrected chi connectivity index (χ2v) is 7.90. The zero-order chi connectivity index (χ0) is 19.7. The molecule has 0 saturated carbocycles. The van der Waals surface area contributed by atoms with Crippen LogP contribution >= 0.6 is 35.3 Å². The number of nitrogens with one attached hydrogen (secondary N) is 2. The average molecular weight is 516 g/mol. The summed E-state index contributed by atoms with van der Waals surface area (Å²) in [6.45, 7) is 9.76. The van der Waals surface area contributed by atoms with Crippen molar-refractivity contribution in [3.8, 4) is 0 Å². The minimum Gasteiger partial charge on any atom is -0.383 e. The van der Waals surface area contributed by atoms with Crippen LogP contribution in [0.1, 0.15) is 36.8 Å². The summed E-state index contributed by atoms with van der Waals surface area (Å²) in [5, 5.41) is 19.2. The lowest BCUT2D eigenvalue weighted by Crippen LogP contribution is -2.44. The van der Waals surface area contributed by atoms with E-state index in [4.69, 9.17) is 0 Å². The van der Waals surface area contributed by atoms with Gasteiger partial charge in [0.25, 0.3) is 0 Å². The van der Waals surface area contributed by atoms with Gasteiger partial charge in [0, 0.05) is 18.0 Å². The third kappa shape index (κ3) is 8.06. The normalized spacial score (nSPS) is 13.7. The highest BCUT2D eigenvalue weighted by molar-refractivity contribution is 14.0. The summed E-state index contributed by atoms with van der Waals surface area (Å²) >= 11 is 1.56. The van der Waals surface area contributed by atoms with Crippen molar-refractivity contribution in [3.05, 3.63) is 57.8 Å². The van der Waals surface area contributed by atoms with Crippen molar-refractivity contribution < 1.29 is 5.11 Å². The standard InChI is InChI=1S/C21H32N4OS.HI/c1-5-22-20(24-16-21(3,26)19-11-8-12-27-19)23-14-17-9-7-10-18(13-17)15-25(4)6-2;/h7-13,26H,5-6,14-16H2,1-4H3,(H2,22,23,24);1H. The van der Waals surface area contributed by atoms with Crippen molar-refractivity contribution in [1.29, 1.82) is 0 Å². The summed E-state index contributed by atoms with van der Waals surface area (Å²) in [7, 11) is 2.12. The quantitative estimate of drug-likeness (QED) is 0.270. The van der Waals surface area contributed by atoms with Crippen LogP contribution in [0.25, 0.3) is 0 Å². The van der Waals surface area contributed by atoms with Gasteiger partial charge in [-0.15, -0.1) is 35.3 Å². The van der Waals surface area contributed by atoms with Gasteiger partial charge in [0.15, 0.2) is 5.96 Å². The van der Waals surface area contributed by atoms with Gasteiger partial charge < -0.3 is 20.6 Å². The third-order valence-electron chi connectivity index (χ3n) is 4.40. The molecule has 1 aromatic carbocycles. The fourth-order valence-electron chi connectivity index (χ4n) is 2.69. The van der Waals surface area contributed by atoms with Gasteiger partial charge in [-0.1, -0.05) is 37.3 Å². The summed E-state index contributed by atoms with van der Waals surface area (Å²) in [5.41, 5.74) is 1.56. The molecule has 5 nitrogen and oxygen atoms in total. The second-order valence-electron chi connectivity index (χ2n) is 6.95. The van der Waals surface area contributed by atoms with Crippen LogP contribution < -0.4 is 10.6 Å². The number of thiophene rings is 1. The molecule has 0 aliphatic carbocycles. The number of aliphatic imine (C=N–C) groups is 1. The average Bonchev–Trinajstić information content (AvgIpc) is 3.20. The molecule has 7 heteroatoms. The fourth-order valence-corrected chi connectivity index (χ4v) is 3.48. The lowest BCUT2D eigenvalue weighted by Gasteiger charge is -2.23. The third-order valence-corrected chi connectivity index (χ3v) is 5.52. The first kappa shape index (κ1) is 24.9. The van der Waals surface area contributed by atoms with E-state index in [-0.39, 0.29) is 24.0 Å². The van der Waals surface area contributed by atoms with Crippen LogP contribution in [0, 0.1) is 0 Å². The molecule has 0 amide bonds. The molecule has 0 fully saturated rings. The Morgan fingerprint density at radius 3 is 2.57 bits per heavy atom. The second kappa shape index (κ2) is 12.4. The van der Waals surface area contributed by atoms with E-state index >= 15 is 0 Å². The molecule has 156 valence electrons. The lowest BCUT2D eigenvalue weighted by atomic mass is 10.1. The molecule has 0 aliphatic heterocycles. The molecule has 0 saturated heterocycles. The van der Waals surface area contributed by atoms with E-state index in [0.717, 1.165) is 24.5 Å². The maximum Gasteiger partial charge on any atom is 0.191 e. The fraction of sp³-hybridized carbons (Fsp3) is 0.476. The van der Waals surface area contributed by atoms with Crippen molar-refractivity contribution in [2.75, 3.05) is 26.7 Å². The summed E-state index contributed by atoms with van der Waals surface area (Å²) < 4.78 is 0. The van der Waals surface area contributed by atoms with Crippen LogP contribution in [0.15, 0.2) is 46.8 Å². The van der Waals surface area contributed by atoms with E-state index in [9.17, 15) is 5.11 Å². The SMILES string of the molecule is CCNC(=NCc1cccc(CN(C)CC)c1)NCC(C)(O)c1cccs1.I. The van der Waals surface area contributed by atoms with Crippen molar-refractivity contribution in [3.63, 3.8) is 0 Å². The van der Waals surface area contributed by atoms with Gasteiger partial charge in [0.1, 0.15) is 5.60 Å². The largest absolute Gasteiger partial charge is 0.383 e. The minimum atomic E-state index is -0.922. The first-order valence-corrected chi connectivity index (χ1v) is 10.4. The molecule has 0 bridgehead atoms. The number of hydrogen-bond acceptors (Lipinski definition) is 4. The molecule has 1 aromatic heterocycles. The lowest BCUT2D eigenvalue weighted by molar-refractivity contribution is 0.0655. The Balaban J connectivity index is 0.00000392. The molecule has 3 N–H and O–H groups in total. The molecule has 1 heterocycles. The predicted molar refractivity (Wildman–Crippen MR) is 131 cm³/mol. The van der Waals surface area contributed by atoms with Gasteiger partial charge in [-0.2, -0.15) is 0 Å². The zero-order valence-electron chi connectivity index (χ0n) is 17.2. The molecule has 0 spiro atoms. The number of benzene rings is 1. The highest BCUT2D eigenvalue weighted by atomic mass is 127. The summed E-state index contributed by atoms with van der Waals surface area (Å²) in [4.78, 5) is 7.90. The highest BCUT2D eigenvalue weighted by Gasteiger charge is 2.24. The van der Waals surface area contributed by atoms with E-state index in [1.165, 1.54) is 11.1 Å². The van der Waals surface area contributed by atoms with Gasteiger partial charge in [-0.25, -0.2) is 4.99 Å². The molecule has 0 aliphatic rings. The minimum absolute atomic E-state index is 0. The van der Waals surface area contributed by atoms with E-state index in [1.807, 2.05) is 31.4 Å². The summed E-state index contributed by atoms with van der Waals surface area (Å²) in [5.74, 6) is 0.713. The topological polar surface area (TPSA) is 59.9 Å². The maximum atomic E-state index is 10.7. The Hall–Kier alpha value is -1.16. The Bertz CT molecular complexity index is 719. The van der Waals surface area contributed by atoms with Crippen LogP contribution in [0.4, 0.5) is 0 Å². The van der Waals surface area contributed by atoms with Gasteiger partial charge >= 0.3 is 0 Å². The molecular formula is C21H33IN4OS. The predicted octanol–water partition coefficient (Wildman–Crippen LogP) is 3.78. The van der Waals surface area contributed by atoms with Gasteiger partial charge in [0.2, 0.25) is 0 Å². The molecule has 1 atom stereocenters. The Kier molecular flexibility index (Phi) is 11.0. The van der Waals surface area contributed by atoms with Crippen LogP contribution in [0.2, 0.25) is 0 Å². The smallest absolute Gasteiger partial charge is 0.191 e. The van der Waals surface area contributed by atoms with Crippen LogP contribution in [-0.2, 0) is 18.7 Å². The molecule has 28 heavy (non-hydrogen) atoms. The first-order valence-electron chi connectivity index (χ1n) is 9.49. The molecule has 2 aromatic rings. The van der Waals surface area contributed by atoms with Crippen molar-refractivity contribution in [2.24, 2.45) is 4.99 Å². The number of halogens is 1. The first-order chi connectivity index (χ1) is 12.9. The van der Waals surface area contributed by atoms with Crippen LogP contribution in [-0.4, -0.2) is 42.6 Å². The van der Waals surface area contributed by atoms with Crippen molar-refractivity contribution >= 4 is 41.3 Å². The van der Waals surface area contributed by atoms with Crippen LogP contribution in [0.5, 0.6) is 0 Å². The number of nitrogens with zero attached hydrogens (tertiary/aromatic N) is 2. The van der Waals surface area contributed by atoms with Gasteiger partial charge in [-0.05, 0) is 50.0 Å². The Labute approximate surface area is 190 Å². The van der Waals surface area contributed by atoms with E-state index in [1.54, 1.807) is 11.3 Å². The van der Waals surface area contributed by atoms with Crippen molar-refractivity contribution in [2.45, 2.75) is 39.5 Å². The maximum absolute atomic E-state index is 10.7.